The molecule has 1 fully saturated rings. The summed E-state index contributed by atoms with van der Waals surface area (Å²) in [5.74, 6) is 0.210. The molecule has 0 atom stereocenters. The van der Waals surface area contributed by atoms with E-state index in [1.54, 1.807) is 19.1 Å². The van der Waals surface area contributed by atoms with E-state index in [0.29, 0.717) is 17.6 Å². The first-order chi connectivity index (χ1) is 13.5. The number of likely N-dealkylation sites (tertiary alicyclic amines) is 1. The van der Waals surface area contributed by atoms with Gasteiger partial charge in [0.2, 0.25) is 0 Å². The maximum atomic E-state index is 12.9. The van der Waals surface area contributed by atoms with Crippen LogP contribution in [0.15, 0.2) is 24.3 Å². The van der Waals surface area contributed by atoms with Crippen LogP contribution in [0.25, 0.3) is 10.9 Å². The Bertz CT molecular complexity index is 946. The minimum Gasteiger partial charge on any atom is -0.382 e. The molecule has 0 unspecified atom stereocenters. The van der Waals surface area contributed by atoms with Crippen molar-refractivity contribution < 1.29 is 21.6 Å². The molecule has 9 heteroatoms. The number of aromatic nitrogens is 1. The molecule has 1 aromatic carbocycles. The molecule has 2 heterocycles. The van der Waals surface area contributed by atoms with Crippen molar-refractivity contribution in [3.8, 4) is 0 Å². The van der Waals surface area contributed by atoms with Gasteiger partial charge < -0.3 is 14.8 Å². The summed E-state index contributed by atoms with van der Waals surface area (Å²) in [6.07, 6.45) is -0.533. The maximum absolute atomic E-state index is 12.9. The van der Waals surface area contributed by atoms with Gasteiger partial charge in [0, 0.05) is 42.2 Å². The molecule has 2 aromatic rings. The molecule has 0 saturated carbocycles. The summed E-state index contributed by atoms with van der Waals surface area (Å²) in [6, 6.07) is 7.49. The highest BCUT2D eigenvalue weighted by molar-refractivity contribution is 7.90. The predicted molar refractivity (Wildman–Crippen MR) is 110 cm³/mol. The van der Waals surface area contributed by atoms with Crippen molar-refractivity contribution in [2.45, 2.75) is 44.9 Å². The normalized spacial score (nSPS) is 17.1. The van der Waals surface area contributed by atoms with Crippen LogP contribution in [0, 0.1) is 6.92 Å². The van der Waals surface area contributed by atoms with Crippen molar-refractivity contribution in [3.05, 3.63) is 30.0 Å². The zero-order valence-electron chi connectivity index (χ0n) is 16.8. The first-order valence-corrected chi connectivity index (χ1v) is 11.9. The van der Waals surface area contributed by atoms with E-state index >= 15 is 0 Å². The molecule has 1 aliphatic rings. The summed E-state index contributed by atoms with van der Waals surface area (Å²) >= 11 is 0. The number of alkyl halides is 3. The number of hydrogen-bond donors (Lipinski definition) is 1. The van der Waals surface area contributed by atoms with Gasteiger partial charge in [0.1, 0.15) is 16.4 Å². The molecule has 0 amide bonds. The Morgan fingerprint density at radius 1 is 1.21 bits per heavy atom. The number of piperidine rings is 1. The van der Waals surface area contributed by atoms with E-state index in [0.717, 1.165) is 43.5 Å². The van der Waals surface area contributed by atoms with Gasteiger partial charge in [-0.25, -0.2) is 8.42 Å². The van der Waals surface area contributed by atoms with Gasteiger partial charge in [-0.15, -0.1) is 0 Å². The van der Waals surface area contributed by atoms with Crippen LogP contribution in [0.3, 0.4) is 0 Å². The second kappa shape index (κ2) is 8.55. The van der Waals surface area contributed by atoms with Crippen molar-refractivity contribution in [1.82, 2.24) is 9.47 Å². The van der Waals surface area contributed by atoms with Gasteiger partial charge in [-0.05, 0) is 50.9 Å². The fourth-order valence-corrected chi connectivity index (χ4v) is 4.66. The third-order valence-corrected chi connectivity index (χ3v) is 6.46. The van der Waals surface area contributed by atoms with Crippen molar-refractivity contribution in [3.63, 3.8) is 0 Å². The lowest BCUT2D eigenvalue weighted by atomic mass is 10.0. The van der Waals surface area contributed by atoms with Gasteiger partial charge in [0.15, 0.2) is 0 Å². The molecule has 162 valence electrons. The Kier molecular flexibility index (Phi) is 6.48. The van der Waals surface area contributed by atoms with E-state index in [9.17, 15) is 21.6 Å². The number of aryl methyl sites for hydroxylation is 1. The average molecular weight is 432 g/mol. The molecule has 0 aliphatic carbocycles. The van der Waals surface area contributed by atoms with Gasteiger partial charge >= 0.3 is 6.18 Å². The highest BCUT2D eigenvalue weighted by Gasteiger charge is 2.29. The highest BCUT2D eigenvalue weighted by Crippen LogP contribution is 2.31. The summed E-state index contributed by atoms with van der Waals surface area (Å²) in [6.45, 7) is 3.24. The van der Waals surface area contributed by atoms with E-state index in [2.05, 4.69) is 10.2 Å². The quantitative estimate of drug-likeness (QED) is 0.724. The van der Waals surface area contributed by atoms with Gasteiger partial charge in [-0.3, -0.25) is 0 Å². The molecule has 0 bridgehead atoms. The monoisotopic (exact) mass is 431 g/mol. The zero-order chi connectivity index (χ0) is 21.2. The van der Waals surface area contributed by atoms with Crippen molar-refractivity contribution >= 4 is 26.4 Å². The van der Waals surface area contributed by atoms with Crippen LogP contribution in [0.1, 0.15) is 25.0 Å². The Labute approximate surface area is 169 Å². The number of benzene rings is 1. The molecule has 1 saturated heterocycles. The third kappa shape index (κ3) is 6.12. The molecule has 29 heavy (non-hydrogen) atoms. The summed E-state index contributed by atoms with van der Waals surface area (Å²) in [7, 11) is -2.92. The van der Waals surface area contributed by atoms with Crippen LogP contribution in [0.2, 0.25) is 0 Å². The second-order valence-electron chi connectivity index (χ2n) is 7.97. The number of nitrogens with one attached hydrogen (secondary N) is 1. The Morgan fingerprint density at radius 3 is 2.52 bits per heavy atom. The van der Waals surface area contributed by atoms with E-state index < -0.39 is 22.6 Å². The lowest BCUT2D eigenvalue weighted by molar-refractivity contribution is -0.140. The lowest BCUT2D eigenvalue weighted by Gasteiger charge is -2.33. The van der Waals surface area contributed by atoms with Gasteiger partial charge in [0.05, 0.1) is 11.3 Å². The smallest absolute Gasteiger partial charge is 0.382 e. The van der Waals surface area contributed by atoms with E-state index in [4.69, 9.17) is 0 Å². The molecule has 5 nitrogen and oxygen atoms in total. The third-order valence-electron chi connectivity index (χ3n) is 5.43. The Hall–Kier alpha value is -1.74. The maximum Gasteiger partial charge on any atom is 0.406 e. The zero-order valence-corrected chi connectivity index (χ0v) is 17.6. The lowest BCUT2D eigenvalue weighted by Crippen LogP contribution is -2.39. The molecule has 3 rings (SSSR count). The molecular weight excluding hydrogens is 403 g/mol. The van der Waals surface area contributed by atoms with Crippen LogP contribution in [0.5, 0.6) is 0 Å². The fraction of sp³-hybridized carbons (Fsp3) is 0.600. The standard InChI is InChI=1S/C20H28F3N3O2S/c1-15-13-17-18(5-3-6-19(17)26(15)14-20(21,22)23)24-16-7-10-25(11-8-16)9-4-12-29(2,27)28/h3,5-6,13,16,24H,4,7-12,14H2,1-2H3. The number of fused-ring (bicyclic) bond motifs is 1. The molecule has 0 radical (unpaired) electrons. The fourth-order valence-electron chi connectivity index (χ4n) is 4.00. The molecule has 1 aliphatic heterocycles. The Morgan fingerprint density at radius 2 is 1.90 bits per heavy atom. The SMILES string of the molecule is Cc1cc2c(NC3CCN(CCCS(C)(=O)=O)CC3)cccc2n1CC(F)(F)F. The van der Waals surface area contributed by atoms with E-state index in [1.807, 2.05) is 12.1 Å². The summed E-state index contributed by atoms with van der Waals surface area (Å²) in [5, 5.41) is 4.32. The molecular formula is C20H28F3N3O2S. The summed E-state index contributed by atoms with van der Waals surface area (Å²) in [4.78, 5) is 2.27. The van der Waals surface area contributed by atoms with Crippen LogP contribution >= 0.6 is 0 Å². The van der Waals surface area contributed by atoms with E-state index in [-0.39, 0.29) is 11.8 Å². The van der Waals surface area contributed by atoms with Crippen molar-refractivity contribution in [2.75, 3.05) is 37.0 Å². The number of rotatable bonds is 7. The summed E-state index contributed by atoms with van der Waals surface area (Å²) in [5.41, 5.74) is 2.04. The molecule has 1 N–H and O–H groups in total. The predicted octanol–water partition coefficient (Wildman–Crippen LogP) is 3.82. The summed E-state index contributed by atoms with van der Waals surface area (Å²) < 4.78 is 62.5. The first kappa shape index (κ1) is 22.0. The second-order valence-corrected chi connectivity index (χ2v) is 10.2. The minimum absolute atomic E-state index is 0.210. The average Bonchev–Trinajstić information content (AvgIpc) is 2.91. The van der Waals surface area contributed by atoms with Crippen LogP contribution in [0.4, 0.5) is 18.9 Å². The Balaban J connectivity index is 1.62. The first-order valence-electron chi connectivity index (χ1n) is 9.84. The van der Waals surface area contributed by atoms with Crippen LogP contribution in [-0.2, 0) is 16.4 Å². The van der Waals surface area contributed by atoms with Gasteiger partial charge in [-0.1, -0.05) is 6.07 Å². The van der Waals surface area contributed by atoms with E-state index in [1.165, 1.54) is 10.8 Å². The topological polar surface area (TPSA) is 54.3 Å². The number of anilines is 1. The highest BCUT2D eigenvalue weighted by atomic mass is 32.2. The number of nitrogens with zero attached hydrogens (tertiary/aromatic N) is 2. The van der Waals surface area contributed by atoms with Crippen molar-refractivity contribution in [2.24, 2.45) is 0 Å². The number of hydrogen-bond acceptors (Lipinski definition) is 4. The number of sulfone groups is 1. The number of halogens is 3. The van der Waals surface area contributed by atoms with Crippen LogP contribution < -0.4 is 5.32 Å². The van der Waals surface area contributed by atoms with Gasteiger partial charge in [0.25, 0.3) is 0 Å². The van der Waals surface area contributed by atoms with Crippen molar-refractivity contribution in [1.29, 1.82) is 0 Å². The largest absolute Gasteiger partial charge is 0.406 e. The van der Waals surface area contributed by atoms with Crippen LogP contribution in [-0.4, -0.2) is 61.7 Å². The molecule has 0 spiro atoms. The minimum atomic E-state index is -4.26. The van der Waals surface area contributed by atoms with Gasteiger partial charge in [-0.2, -0.15) is 13.2 Å². The molecule has 1 aromatic heterocycles.